The van der Waals surface area contributed by atoms with Crippen LogP contribution in [0.4, 0.5) is 4.79 Å². The molecule has 3 rings (SSSR count). The van der Waals surface area contributed by atoms with Crippen molar-refractivity contribution in [1.82, 2.24) is 10.2 Å². The van der Waals surface area contributed by atoms with Crippen LogP contribution < -0.4 is 5.32 Å². The lowest BCUT2D eigenvalue weighted by Gasteiger charge is -2.15. The Labute approximate surface area is 150 Å². The zero-order valence-electron chi connectivity index (χ0n) is 14.0. The number of nitrogens with one attached hydrogen (secondary N) is 1. The largest absolute Gasteiger partial charge is 0.478 e. The monoisotopic (exact) mass is 354 g/mol. The minimum absolute atomic E-state index is 0.0848. The molecule has 0 saturated heterocycles. The number of carboxylic acid groups (broad SMARTS) is 1. The maximum Gasteiger partial charge on any atom is 0.407 e. The van der Waals surface area contributed by atoms with Crippen molar-refractivity contribution in [3.8, 4) is 0 Å². The summed E-state index contributed by atoms with van der Waals surface area (Å²) < 4.78 is 5.10. The summed E-state index contributed by atoms with van der Waals surface area (Å²) in [5, 5.41) is 11.6. The Bertz CT molecular complexity index is 835. The van der Waals surface area contributed by atoms with Gasteiger partial charge < -0.3 is 20.1 Å². The highest BCUT2D eigenvalue weighted by Crippen LogP contribution is 2.23. The van der Waals surface area contributed by atoms with Gasteiger partial charge in [0, 0.05) is 25.2 Å². The summed E-state index contributed by atoms with van der Waals surface area (Å²) in [5.74, 6) is -1.30. The average Bonchev–Trinajstić information content (AvgIpc) is 2.96. The molecule has 2 N–H and O–H groups in total. The number of carboxylic acids is 1. The van der Waals surface area contributed by atoms with Gasteiger partial charge in [-0.25, -0.2) is 9.59 Å². The maximum absolute atomic E-state index is 12.3. The summed E-state index contributed by atoms with van der Waals surface area (Å²) in [6, 6.07) is 13.9. The van der Waals surface area contributed by atoms with Crippen molar-refractivity contribution in [2.45, 2.75) is 13.2 Å². The molecule has 134 valence electrons. The molecule has 1 heterocycles. The zero-order chi connectivity index (χ0) is 18.5. The standard InChI is InChI=1S/C19H18N2O5/c22-17-16-10-14(18(23)24)6-7-15(16)11-21(17)9-8-20-19(25)26-12-13-4-2-1-3-5-13/h1-7,10H,8-9,11-12H2,(H,20,25)(H,23,24). The second-order valence-corrected chi connectivity index (χ2v) is 5.89. The highest BCUT2D eigenvalue weighted by molar-refractivity contribution is 6.00. The fourth-order valence-electron chi connectivity index (χ4n) is 2.74. The van der Waals surface area contributed by atoms with Crippen LogP contribution in [-0.4, -0.2) is 41.1 Å². The third-order valence-corrected chi connectivity index (χ3v) is 4.10. The summed E-state index contributed by atoms with van der Waals surface area (Å²) in [5.41, 5.74) is 2.16. The fraction of sp³-hybridized carbons (Fsp3) is 0.211. The number of rotatable bonds is 6. The van der Waals surface area contributed by atoms with Gasteiger partial charge in [0.25, 0.3) is 5.91 Å². The molecule has 0 unspecified atom stereocenters. The minimum Gasteiger partial charge on any atom is -0.478 e. The molecule has 0 aliphatic carbocycles. The van der Waals surface area contributed by atoms with Gasteiger partial charge in [0.1, 0.15) is 6.61 Å². The third-order valence-electron chi connectivity index (χ3n) is 4.10. The van der Waals surface area contributed by atoms with Crippen LogP contribution in [0.2, 0.25) is 0 Å². The van der Waals surface area contributed by atoms with Crippen molar-refractivity contribution in [3.63, 3.8) is 0 Å². The Morgan fingerprint density at radius 3 is 2.65 bits per heavy atom. The number of carbonyl (C=O) groups is 3. The first-order valence-electron chi connectivity index (χ1n) is 8.14. The predicted octanol–water partition coefficient (Wildman–Crippen LogP) is 2.27. The summed E-state index contributed by atoms with van der Waals surface area (Å²) >= 11 is 0. The molecule has 26 heavy (non-hydrogen) atoms. The first-order chi connectivity index (χ1) is 12.5. The molecule has 1 aliphatic rings. The number of carbonyl (C=O) groups excluding carboxylic acids is 2. The Morgan fingerprint density at radius 1 is 1.15 bits per heavy atom. The van der Waals surface area contributed by atoms with E-state index >= 15 is 0 Å². The molecule has 2 aromatic carbocycles. The molecule has 0 aromatic heterocycles. The molecule has 0 atom stereocenters. The number of benzene rings is 2. The van der Waals surface area contributed by atoms with Crippen LogP contribution in [0.25, 0.3) is 0 Å². The topological polar surface area (TPSA) is 95.9 Å². The van der Waals surface area contributed by atoms with Crippen molar-refractivity contribution in [2.24, 2.45) is 0 Å². The van der Waals surface area contributed by atoms with Crippen molar-refractivity contribution in [1.29, 1.82) is 0 Å². The van der Waals surface area contributed by atoms with Gasteiger partial charge in [0.05, 0.1) is 5.56 Å². The molecule has 0 radical (unpaired) electrons. The van der Waals surface area contributed by atoms with Crippen LogP contribution >= 0.6 is 0 Å². The minimum atomic E-state index is -1.07. The number of alkyl carbamates (subject to hydrolysis) is 1. The lowest BCUT2D eigenvalue weighted by atomic mass is 10.1. The first-order valence-corrected chi connectivity index (χ1v) is 8.14. The van der Waals surface area contributed by atoms with Gasteiger partial charge in [-0.05, 0) is 23.3 Å². The summed E-state index contributed by atoms with van der Waals surface area (Å²) in [4.78, 5) is 36.6. The van der Waals surface area contributed by atoms with E-state index in [0.717, 1.165) is 11.1 Å². The third kappa shape index (κ3) is 4.00. The first kappa shape index (κ1) is 17.5. The molecule has 1 aliphatic heterocycles. The van der Waals surface area contributed by atoms with Gasteiger partial charge >= 0.3 is 12.1 Å². The van der Waals surface area contributed by atoms with E-state index < -0.39 is 12.1 Å². The zero-order valence-corrected chi connectivity index (χ0v) is 14.0. The fourth-order valence-corrected chi connectivity index (χ4v) is 2.74. The quantitative estimate of drug-likeness (QED) is 0.830. The van der Waals surface area contributed by atoms with Crippen LogP contribution in [-0.2, 0) is 17.9 Å². The Hall–Kier alpha value is -3.35. The highest BCUT2D eigenvalue weighted by Gasteiger charge is 2.27. The molecule has 7 nitrogen and oxygen atoms in total. The molecule has 0 fully saturated rings. The number of ether oxygens (including phenoxy) is 1. The van der Waals surface area contributed by atoms with E-state index in [1.165, 1.54) is 12.1 Å². The second kappa shape index (κ2) is 7.69. The number of aromatic carboxylic acids is 1. The Morgan fingerprint density at radius 2 is 1.92 bits per heavy atom. The van der Waals surface area contributed by atoms with E-state index in [1.54, 1.807) is 11.0 Å². The van der Waals surface area contributed by atoms with Crippen molar-refractivity contribution in [2.75, 3.05) is 13.1 Å². The van der Waals surface area contributed by atoms with Crippen molar-refractivity contribution < 1.29 is 24.2 Å². The van der Waals surface area contributed by atoms with Gasteiger partial charge in [0.2, 0.25) is 0 Å². The molecular formula is C19H18N2O5. The summed E-state index contributed by atoms with van der Waals surface area (Å²) in [7, 11) is 0. The summed E-state index contributed by atoms with van der Waals surface area (Å²) in [6.07, 6.45) is -0.550. The number of nitrogens with zero attached hydrogens (tertiary/aromatic N) is 1. The normalized spacial score (nSPS) is 12.6. The van der Waals surface area contributed by atoms with Gasteiger partial charge in [0.15, 0.2) is 0 Å². The SMILES string of the molecule is O=C(NCCN1Cc2ccc(C(=O)O)cc2C1=O)OCc1ccccc1. The van der Waals surface area contributed by atoms with Crippen LogP contribution in [0.3, 0.4) is 0 Å². The molecule has 0 saturated carbocycles. The van der Waals surface area contributed by atoms with Gasteiger partial charge in [-0.3, -0.25) is 4.79 Å². The molecule has 2 amide bonds. The molecule has 2 aromatic rings. The molecular weight excluding hydrogens is 336 g/mol. The highest BCUT2D eigenvalue weighted by atomic mass is 16.5. The van der Waals surface area contributed by atoms with Crippen LogP contribution in [0.15, 0.2) is 48.5 Å². The molecule has 0 spiro atoms. The number of hydrogen-bond acceptors (Lipinski definition) is 4. The number of amides is 2. The van der Waals surface area contributed by atoms with E-state index in [1.807, 2.05) is 30.3 Å². The summed E-state index contributed by atoms with van der Waals surface area (Å²) in [6.45, 7) is 1.14. The second-order valence-electron chi connectivity index (χ2n) is 5.89. The van der Waals surface area contributed by atoms with Crippen LogP contribution in [0.5, 0.6) is 0 Å². The lowest BCUT2D eigenvalue weighted by Crippen LogP contribution is -2.35. The molecule has 0 bridgehead atoms. The van der Waals surface area contributed by atoms with E-state index in [4.69, 9.17) is 9.84 Å². The van der Waals surface area contributed by atoms with Gasteiger partial charge in [-0.1, -0.05) is 36.4 Å². The van der Waals surface area contributed by atoms with E-state index in [2.05, 4.69) is 5.32 Å². The van der Waals surface area contributed by atoms with E-state index in [9.17, 15) is 14.4 Å². The van der Waals surface area contributed by atoms with Gasteiger partial charge in [-0.2, -0.15) is 0 Å². The van der Waals surface area contributed by atoms with Crippen molar-refractivity contribution >= 4 is 18.0 Å². The van der Waals surface area contributed by atoms with E-state index in [0.29, 0.717) is 18.7 Å². The predicted molar refractivity (Wildman–Crippen MR) is 92.8 cm³/mol. The number of hydrogen-bond donors (Lipinski definition) is 2. The van der Waals surface area contributed by atoms with Gasteiger partial charge in [-0.15, -0.1) is 0 Å². The lowest BCUT2D eigenvalue weighted by molar-refractivity contribution is 0.0696. The smallest absolute Gasteiger partial charge is 0.407 e. The van der Waals surface area contributed by atoms with Crippen LogP contribution in [0.1, 0.15) is 31.8 Å². The van der Waals surface area contributed by atoms with E-state index in [-0.39, 0.29) is 24.6 Å². The Kier molecular flexibility index (Phi) is 5.17. The average molecular weight is 354 g/mol. The maximum atomic E-state index is 12.3. The molecule has 7 heteroatoms. The number of fused-ring (bicyclic) bond motifs is 1. The van der Waals surface area contributed by atoms with Crippen LogP contribution in [0, 0.1) is 0 Å². The Balaban J connectivity index is 1.46. The van der Waals surface area contributed by atoms with Crippen molar-refractivity contribution in [3.05, 3.63) is 70.8 Å².